The number of nitro benzene ring substituents is 1. The molecular formula is C12H16ClN3O4. The molecule has 0 bridgehead atoms. The second-order valence-corrected chi connectivity index (χ2v) is 4.29. The summed E-state index contributed by atoms with van der Waals surface area (Å²) in [5, 5.41) is 16.4. The molecule has 1 aliphatic rings. The number of anilines is 1. The van der Waals surface area contributed by atoms with E-state index in [1.807, 2.05) is 0 Å². The minimum Gasteiger partial charge on any atom is -0.378 e. The van der Waals surface area contributed by atoms with Crippen molar-refractivity contribution in [1.82, 2.24) is 5.32 Å². The van der Waals surface area contributed by atoms with E-state index in [4.69, 9.17) is 4.74 Å². The third kappa shape index (κ3) is 4.76. The van der Waals surface area contributed by atoms with E-state index in [1.165, 1.54) is 18.2 Å². The van der Waals surface area contributed by atoms with Gasteiger partial charge >= 0.3 is 0 Å². The van der Waals surface area contributed by atoms with Crippen LogP contribution >= 0.6 is 12.4 Å². The quantitative estimate of drug-likeness (QED) is 0.646. The first-order valence-corrected chi connectivity index (χ1v) is 6.00. The van der Waals surface area contributed by atoms with Crippen LogP contribution in [-0.2, 0) is 9.53 Å². The number of morpholine rings is 1. The van der Waals surface area contributed by atoms with Gasteiger partial charge in [0.15, 0.2) is 0 Å². The number of halogens is 1. The minimum absolute atomic E-state index is 0. The number of carbonyl (C=O) groups is 1. The van der Waals surface area contributed by atoms with Gasteiger partial charge in [-0.05, 0) is 6.07 Å². The van der Waals surface area contributed by atoms with Crippen molar-refractivity contribution in [1.29, 1.82) is 0 Å². The Kier molecular flexibility index (Phi) is 6.37. The normalized spacial score (nSPS) is 17.9. The van der Waals surface area contributed by atoms with Crippen molar-refractivity contribution >= 4 is 29.7 Å². The van der Waals surface area contributed by atoms with Gasteiger partial charge < -0.3 is 15.4 Å². The Bertz CT molecular complexity index is 478. The maximum absolute atomic E-state index is 11.8. The molecule has 1 aliphatic heterocycles. The highest BCUT2D eigenvalue weighted by molar-refractivity contribution is 5.91. The molecule has 7 nitrogen and oxygen atoms in total. The molecule has 1 amide bonds. The third-order valence-electron chi connectivity index (χ3n) is 2.77. The van der Waals surface area contributed by atoms with Gasteiger partial charge in [0.2, 0.25) is 5.91 Å². The second-order valence-electron chi connectivity index (χ2n) is 4.29. The molecule has 2 rings (SSSR count). The number of nitrogens with one attached hydrogen (secondary N) is 2. The number of nitrogens with zero attached hydrogens (tertiary/aromatic N) is 1. The van der Waals surface area contributed by atoms with E-state index in [9.17, 15) is 14.9 Å². The summed E-state index contributed by atoms with van der Waals surface area (Å²) in [5.74, 6) is -0.191. The van der Waals surface area contributed by atoms with Gasteiger partial charge in [-0.1, -0.05) is 6.07 Å². The maximum Gasteiger partial charge on any atom is 0.271 e. The lowest BCUT2D eigenvalue weighted by molar-refractivity contribution is -0.384. The molecular weight excluding hydrogens is 286 g/mol. The molecule has 20 heavy (non-hydrogen) atoms. The van der Waals surface area contributed by atoms with Crippen LogP contribution in [-0.4, -0.2) is 36.6 Å². The number of hydrogen-bond acceptors (Lipinski definition) is 5. The van der Waals surface area contributed by atoms with Crippen molar-refractivity contribution in [2.45, 2.75) is 12.5 Å². The van der Waals surface area contributed by atoms with Gasteiger partial charge in [0.1, 0.15) is 0 Å². The average molecular weight is 302 g/mol. The highest BCUT2D eigenvalue weighted by Gasteiger charge is 2.17. The molecule has 110 valence electrons. The zero-order valence-corrected chi connectivity index (χ0v) is 11.5. The van der Waals surface area contributed by atoms with Crippen LogP contribution in [0.15, 0.2) is 24.3 Å². The van der Waals surface area contributed by atoms with Crippen LogP contribution in [0.3, 0.4) is 0 Å². The van der Waals surface area contributed by atoms with Crippen molar-refractivity contribution in [2.75, 3.05) is 25.1 Å². The summed E-state index contributed by atoms with van der Waals surface area (Å²) in [6, 6.07) is 5.87. The Morgan fingerprint density at radius 2 is 2.35 bits per heavy atom. The minimum atomic E-state index is -0.494. The number of nitro groups is 1. The van der Waals surface area contributed by atoms with Crippen LogP contribution in [0, 0.1) is 10.1 Å². The smallest absolute Gasteiger partial charge is 0.271 e. The first-order valence-electron chi connectivity index (χ1n) is 6.00. The molecule has 0 spiro atoms. The number of non-ortho nitro benzene ring substituents is 1. The highest BCUT2D eigenvalue weighted by Crippen LogP contribution is 2.17. The standard InChI is InChI=1S/C12H15N3O4.ClH/c16-12(7-10-8-19-5-4-13-10)14-9-2-1-3-11(6-9)15(17)18;/h1-3,6,10,13H,4-5,7-8H2,(H,14,16);1H. The van der Waals surface area contributed by atoms with Gasteiger partial charge in [-0.2, -0.15) is 0 Å². The van der Waals surface area contributed by atoms with Crippen molar-refractivity contribution < 1.29 is 14.5 Å². The van der Waals surface area contributed by atoms with E-state index in [1.54, 1.807) is 6.07 Å². The summed E-state index contributed by atoms with van der Waals surface area (Å²) in [6.45, 7) is 1.89. The number of benzene rings is 1. The largest absolute Gasteiger partial charge is 0.378 e. The number of amides is 1. The number of ether oxygens (including phenoxy) is 1. The molecule has 1 aromatic rings. The molecule has 1 unspecified atom stereocenters. The van der Waals surface area contributed by atoms with E-state index < -0.39 is 4.92 Å². The third-order valence-corrected chi connectivity index (χ3v) is 2.77. The first kappa shape index (κ1) is 16.4. The van der Waals surface area contributed by atoms with E-state index in [2.05, 4.69) is 10.6 Å². The Labute approximate surface area is 122 Å². The topological polar surface area (TPSA) is 93.5 Å². The molecule has 2 N–H and O–H groups in total. The Morgan fingerprint density at radius 3 is 3.00 bits per heavy atom. The van der Waals surface area contributed by atoms with E-state index in [0.717, 1.165) is 6.54 Å². The lowest BCUT2D eigenvalue weighted by Crippen LogP contribution is -2.43. The second kappa shape index (κ2) is 7.78. The summed E-state index contributed by atoms with van der Waals surface area (Å²) in [7, 11) is 0. The molecule has 0 radical (unpaired) electrons. The zero-order valence-electron chi connectivity index (χ0n) is 10.7. The van der Waals surface area contributed by atoms with Crippen LogP contribution in [0.1, 0.15) is 6.42 Å². The fourth-order valence-corrected chi connectivity index (χ4v) is 1.88. The summed E-state index contributed by atoms with van der Waals surface area (Å²) < 4.78 is 5.25. The summed E-state index contributed by atoms with van der Waals surface area (Å²) in [6.07, 6.45) is 0.280. The molecule has 0 aliphatic carbocycles. The Balaban J connectivity index is 0.00000200. The van der Waals surface area contributed by atoms with E-state index in [0.29, 0.717) is 18.9 Å². The Morgan fingerprint density at radius 1 is 1.55 bits per heavy atom. The molecule has 0 saturated carbocycles. The SMILES string of the molecule is Cl.O=C(CC1COCCN1)Nc1cccc([N+](=O)[O-])c1. The molecule has 1 heterocycles. The van der Waals surface area contributed by atoms with Crippen LogP contribution in [0.4, 0.5) is 11.4 Å². The maximum atomic E-state index is 11.8. The van der Waals surface area contributed by atoms with Crippen LogP contribution in [0.5, 0.6) is 0 Å². The van der Waals surface area contributed by atoms with Gasteiger partial charge in [0.25, 0.3) is 5.69 Å². The number of rotatable bonds is 4. The zero-order chi connectivity index (χ0) is 13.7. The highest BCUT2D eigenvalue weighted by atomic mass is 35.5. The van der Waals surface area contributed by atoms with Crippen LogP contribution in [0.25, 0.3) is 0 Å². The van der Waals surface area contributed by atoms with Crippen molar-refractivity contribution in [3.63, 3.8) is 0 Å². The van der Waals surface area contributed by atoms with Crippen molar-refractivity contribution in [2.24, 2.45) is 0 Å². The van der Waals surface area contributed by atoms with Crippen LogP contribution < -0.4 is 10.6 Å². The lowest BCUT2D eigenvalue weighted by Gasteiger charge is -2.23. The summed E-state index contributed by atoms with van der Waals surface area (Å²) in [4.78, 5) is 21.9. The van der Waals surface area contributed by atoms with E-state index in [-0.39, 0.29) is 36.5 Å². The fourth-order valence-electron chi connectivity index (χ4n) is 1.88. The summed E-state index contributed by atoms with van der Waals surface area (Å²) in [5.41, 5.74) is 0.382. The molecule has 1 saturated heterocycles. The lowest BCUT2D eigenvalue weighted by atomic mass is 10.2. The molecule has 1 aromatic carbocycles. The van der Waals surface area contributed by atoms with Gasteiger partial charge in [-0.25, -0.2) is 0 Å². The predicted octanol–water partition coefficient (Wildman–Crippen LogP) is 1.33. The van der Waals surface area contributed by atoms with Gasteiger partial charge in [-0.15, -0.1) is 12.4 Å². The summed E-state index contributed by atoms with van der Waals surface area (Å²) >= 11 is 0. The number of hydrogen-bond donors (Lipinski definition) is 2. The molecule has 1 atom stereocenters. The monoisotopic (exact) mass is 301 g/mol. The average Bonchev–Trinajstić information content (AvgIpc) is 2.40. The van der Waals surface area contributed by atoms with Crippen LogP contribution in [0.2, 0.25) is 0 Å². The Hall–Kier alpha value is -1.70. The van der Waals surface area contributed by atoms with Crippen molar-refractivity contribution in [3.05, 3.63) is 34.4 Å². The first-order chi connectivity index (χ1) is 9.15. The van der Waals surface area contributed by atoms with E-state index >= 15 is 0 Å². The molecule has 0 aromatic heterocycles. The number of carbonyl (C=O) groups excluding carboxylic acids is 1. The molecule has 1 fully saturated rings. The van der Waals surface area contributed by atoms with Gasteiger partial charge in [0, 0.05) is 36.8 Å². The van der Waals surface area contributed by atoms with Gasteiger partial charge in [0.05, 0.1) is 18.1 Å². The fraction of sp³-hybridized carbons (Fsp3) is 0.417. The van der Waals surface area contributed by atoms with Crippen molar-refractivity contribution in [3.8, 4) is 0 Å². The molecule has 8 heteroatoms. The van der Waals surface area contributed by atoms with Gasteiger partial charge in [-0.3, -0.25) is 14.9 Å². The predicted molar refractivity (Wildman–Crippen MR) is 76.2 cm³/mol.